The van der Waals surface area contributed by atoms with Gasteiger partial charge in [0.25, 0.3) is 0 Å². The van der Waals surface area contributed by atoms with Gasteiger partial charge in [0, 0.05) is 12.6 Å². The number of amides is 1. The number of hydrogen-bond acceptors (Lipinski definition) is 5. The van der Waals surface area contributed by atoms with Crippen molar-refractivity contribution in [2.45, 2.75) is 38.4 Å². The van der Waals surface area contributed by atoms with E-state index in [0.717, 1.165) is 36.4 Å². The molecule has 2 aliphatic rings. The Labute approximate surface area is 151 Å². The van der Waals surface area contributed by atoms with E-state index < -0.39 is 0 Å². The van der Waals surface area contributed by atoms with Crippen LogP contribution in [0.2, 0.25) is 0 Å². The lowest BCUT2D eigenvalue weighted by Crippen LogP contribution is -2.44. The van der Waals surface area contributed by atoms with E-state index in [0.29, 0.717) is 12.6 Å². The minimum absolute atomic E-state index is 0.0693. The van der Waals surface area contributed by atoms with Crippen molar-refractivity contribution in [1.82, 2.24) is 10.2 Å². The van der Waals surface area contributed by atoms with Crippen LogP contribution in [-0.2, 0) is 11.3 Å². The molecule has 1 aromatic carbocycles. The Hall–Kier alpha value is -2.05. The lowest BCUT2D eigenvalue weighted by molar-refractivity contribution is -0.126. The van der Waals surface area contributed by atoms with Gasteiger partial charge < -0.3 is 14.8 Å². The topological polar surface area (TPSA) is 50.8 Å². The molecule has 1 saturated heterocycles. The molecule has 3 heterocycles. The van der Waals surface area contributed by atoms with Gasteiger partial charge in [0.15, 0.2) is 11.5 Å². The Morgan fingerprint density at radius 1 is 1.36 bits per heavy atom. The number of ether oxygens (including phenoxy) is 2. The number of carbonyl (C=O) groups excluding carboxylic acids is 1. The Kier molecular flexibility index (Phi) is 4.63. The molecule has 1 fully saturated rings. The first-order chi connectivity index (χ1) is 12.2. The first-order valence-electron chi connectivity index (χ1n) is 8.66. The van der Waals surface area contributed by atoms with Gasteiger partial charge in [-0.1, -0.05) is 6.07 Å². The summed E-state index contributed by atoms with van der Waals surface area (Å²) in [5.74, 6) is 1.58. The van der Waals surface area contributed by atoms with Gasteiger partial charge in [-0.3, -0.25) is 9.69 Å². The zero-order valence-electron chi connectivity index (χ0n) is 14.2. The summed E-state index contributed by atoms with van der Waals surface area (Å²) in [6.07, 6.45) is 2.26. The second-order valence-corrected chi connectivity index (χ2v) is 7.31. The number of carbonyl (C=O) groups is 1. The smallest absolute Gasteiger partial charge is 0.237 e. The molecule has 4 rings (SSSR count). The highest BCUT2D eigenvalue weighted by molar-refractivity contribution is 7.07. The van der Waals surface area contributed by atoms with Crippen molar-refractivity contribution in [3.63, 3.8) is 0 Å². The third-order valence-electron chi connectivity index (χ3n) is 5.00. The fourth-order valence-electron chi connectivity index (χ4n) is 3.61. The van der Waals surface area contributed by atoms with Crippen molar-refractivity contribution < 1.29 is 14.3 Å². The van der Waals surface area contributed by atoms with Gasteiger partial charge >= 0.3 is 0 Å². The Balaban J connectivity index is 1.37. The molecular formula is C19H22N2O3S. The second kappa shape index (κ2) is 7.06. The molecule has 0 radical (unpaired) electrons. The van der Waals surface area contributed by atoms with Crippen LogP contribution in [0.15, 0.2) is 35.0 Å². The molecule has 1 aromatic heterocycles. The third-order valence-corrected chi connectivity index (χ3v) is 5.70. The van der Waals surface area contributed by atoms with Crippen LogP contribution < -0.4 is 14.8 Å². The quantitative estimate of drug-likeness (QED) is 0.891. The largest absolute Gasteiger partial charge is 0.454 e. The van der Waals surface area contributed by atoms with Gasteiger partial charge in [0.05, 0.1) is 6.04 Å². The normalized spacial score (nSPS) is 20.6. The van der Waals surface area contributed by atoms with E-state index >= 15 is 0 Å². The van der Waals surface area contributed by atoms with E-state index in [4.69, 9.17) is 9.47 Å². The highest BCUT2D eigenvalue weighted by atomic mass is 32.1. The van der Waals surface area contributed by atoms with E-state index in [1.54, 1.807) is 11.3 Å². The summed E-state index contributed by atoms with van der Waals surface area (Å²) in [4.78, 5) is 15.0. The summed E-state index contributed by atoms with van der Waals surface area (Å²) < 4.78 is 10.7. The van der Waals surface area contributed by atoms with Crippen molar-refractivity contribution in [2.75, 3.05) is 13.3 Å². The Morgan fingerprint density at radius 3 is 3.08 bits per heavy atom. The predicted octanol–water partition coefficient (Wildman–Crippen LogP) is 3.32. The van der Waals surface area contributed by atoms with Crippen molar-refractivity contribution in [3.05, 3.63) is 46.2 Å². The average molecular weight is 358 g/mol. The molecule has 6 heteroatoms. The molecular weight excluding hydrogens is 336 g/mol. The fourth-order valence-corrected chi connectivity index (χ4v) is 4.32. The number of benzene rings is 1. The standard InChI is InChI=1S/C19H22N2O3S/c1-13(21-7-2-3-16(21)15-6-8-25-11-15)19(22)20-10-14-4-5-17-18(9-14)24-12-23-17/h4-6,8-9,11,13,16H,2-3,7,10,12H2,1H3,(H,20,22). The van der Waals surface area contributed by atoms with E-state index in [1.807, 2.05) is 25.1 Å². The van der Waals surface area contributed by atoms with Crippen molar-refractivity contribution >= 4 is 17.2 Å². The second-order valence-electron chi connectivity index (χ2n) is 6.53. The summed E-state index contributed by atoms with van der Waals surface area (Å²) in [7, 11) is 0. The lowest BCUT2D eigenvalue weighted by Gasteiger charge is -2.29. The molecule has 2 aromatic rings. The van der Waals surface area contributed by atoms with Crippen LogP contribution in [0.25, 0.3) is 0 Å². The van der Waals surface area contributed by atoms with Gasteiger partial charge in [-0.2, -0.15) is 11.3 Å². The van der Waals surface area contributed by atoms with Crippen LogP contribution in [0.4, 0.5) is 0 Å². The molecule has 0 saturated carbocycles. The Morgan fingerprint density at radius 2 is 2.24 bits per heavy atom. The maximum Gasteiger partial charge on any atom is 0.237 e. The van der Waals surface area contributed by atoms with Crippen LogP contribution in [-0.4, -0.2) is 30.2 Å². The highest BCUT2D eigenvalue weighted by Crippen LogP contribution is 2.35. The van der Waals surface area contributed by atoms with Crippen molar-refractivity contribution in [1.29, 1.82) is 0 Å². The zero-order valence-corrected chi connectivity index (χ0v) is 15.1. The summed E-state index contributed by atoms with van der Waals surface area (Å²) in [6.45, 7) is 3.73. The molecule has 1 N–H and O–H groups in total. The van der Waals surface area contributed by atoms with Gasteiger partial charge in [0.2, 0.25) is 12.7 Å². The van der Waals surface area contributed by atoms with Gasteiger partial charge in [-0.15, -0.1) is 0 Å². The van der Waals surface area contributed by atoms with Crippen LogP contribution in [0.1, 0.15) is 36.9 Å². The maximum atomic E-state index is 12.6. The highest BCUT2D eigenvalue weighted by Gasteiger charge is 2.33. The molecule has 2 aliphatic heterocycles. The molecule has 2 unspecified atom stereocenters. The summed E-state index contributed by atoms with van der Waals surface area (Å²) in [6, 6.07) is 8.17. The molecule has 0 aliphatic carbocycles. The van der Waals surface area contributed by atoms with E-state index in [2.05, 4.69) is 27.0 Å². The minimum Gasteiger partial charge on any atom is -0.454 e. The number of nitrogens with zero attached hydrogens (tertiary/aromatic N) is 1. The number of likely N-dealkylation sites (tertiary alicyclic amines) is 1. The summed E-state index contributed by atoms with van der Waals surface area (Å²) in [5, 5.41) is 7.36. The number of hydrogen-bond donors (Lipinski definition) is 1. The van der Waals surface area contributed by atoms with Gasteiger partial charge in [-0.05, 0) is 66.4 Å². The number of rotatable bonds is 5. The average Bonchev–Trinajstić information content (AvgIpc) is 3.38. The molecule has 0 bridgehead atoms. The van der Waals surface area contributed by atoms with Crippen molar-refractivity contribution in [3.8, 4) is 11.5 Å². The van der Waals surface area contributed by atoms with Crippen molar-refractivity contribution in [2.24, 2.45) is 0 Å². The van der Waals surface area contributed by atoms with Crippen LogP contribution in [0.5, 0.6) is 11.5 Å². The predicted molar refractivity (Wildman–Crippen MR) is 96.9 cm³/mol. The number of thiophene rings is 1. The summed E-state index contributed by atoms with van der Waals surface area (Å²) >= 11 is 1.72. The van der Waals surface area contributed by atoms with E-state index in [1.165, 1.54) is 5.56 Å². The van der Waals surface area contributed by atoms with E-state index in [9.17, 15) is 4.79 Å². The van der Waals surface area contributed by atoms with Gasteiger partial charge in [0.1, 0.15) is 0 Å². The minimum atomic E-state index is -0.138. The monoisotopic (exact) mass is 358 g/mol. The third kappa shape index (κ3) is 3.37. The maximum absolute atomic E-state index is 12.6. The molecule has 25 heavy (non-hydrogen) atoms. The SMILES string of the molecule is CC(C(=O)NCc1ccc2c(c1)OCO2)N1CCCC1c1ccsc1. The molecule has 5 nitrogen and oxygen atoms in total. The molecule has 1 amide bonds. The molecule has 132 valence electrons. The van der Waals surface area contributed by atoms with Crippen LogP contribution >= 0.6 is 11.3 Å². The number of fused-ring (bicyclic) bond motifs is 1. The first-order valence-corrected chi connectivity index (χ1v) is 9.61. The lowest BCUT2D eigenvalue weighted by atomic mass is 10.1. The van der Waals surface area contributed by atoms with E-state index in [-0.39, 0.29) is 18.7 Å². The molecule has 2 atom stereocenters. The number of nitrogens with one attached hydrogen (secondary N) is 1. The molecule has 0 spiro atoms. The van der Waals surface area contributed by atoms with Gasteiger partial charge in [-0.25, -0.2) is 0 Å². The fraction of sp³-hybridized carbons (Fsp3) is 0.421. The zero-order chi connectivity index (χ0) is 17.2. The van der Waals surface area contributed by atoms with Crippen LogP contribution in [0.3, 0.4) is 0 Å². The summed E-state index contributed by atoms with van der Waals surface area (Å²) in [5.41, 5.74) is 2.35. The van der Waals surface area contributed by atoms with Crippen LogP contribution in [0, 0.1) is 0 Å². The first kappa shape index (κ1) is 16.4. The Bertz CT molecular complexity index is 747.